The molecule has 2 aromatic carbocycles. The van der Waals surface area contributed by atoms with Crippen LogP contribution in [0, 0.1) is 0 Å². The Hall–Kier alpha value is -2.16. The van der Waals surface area contributed by atoms with E-state index in [9.17, 15) is 4.79 Å². The monoisotopic (exact) mass is 502 g/mol. The maximum atomic E-state index is 12.0. The first-order valence-electron chi connectivity index (χ1n) is 9.31. The molecule has 2 heterocycles. The Morgan fingerprint density at radius 2 is 1.97 bits per heavy atom. The lowest BCUT2D eigenvalue weighted by Gasteiger charge is -2.09. The predicted octanol–water partition coefficient (Wildman–Crippen LogP) is 5.72. The molecular weight excluding hydrogens is 484 g/mol. The number of hydrogen-bond donors (Lipinski definition) is 1. The molecule has 154 valence electrons. The summed E-state index contributed by atoms with van der Waals surface area (Å²) in [5.41, 5.74) is 4.69. The van der Waals surface area contributed by atoms with E-state index in [4.69, 9.17) is 9.15 Å². The van der Waals surface area contributed by atoms with Crippen molar-refractivity contribution < 1.29 is 13.9 Å². The summed E-state index contributed by atoms with van der Waals surface area (Å²) in [5, 5.41) is 3.93. The average Bonchev–Trinajstić information content (AvgIpc) is 3.45. The smallest absolute Gasteiger partial charge is 0.277 e. The molecule has 1 N–H and O–H groups in total. The summed E-state index contributed by atoms with van der Waals surface area (Å²) >= 11 is 7.37. The van der Waals surface area contributed by atoms with E-state index in [1.807, 2.05) is 66.0 Å². The maximum absolute atomic E-state index is 12.0. The third kappa shape index (κ3) is 5.71. The van der Waals surface area contributed by atoms with E-state index in [1.54, 1.807) is 6.07 Å². The molecule has 0 bridgehead atoms. The van der Waals surface area contributed by atoms with Gasteiger partial charge in [0.05, 0.1) is 10.8 Å². The van der Waals surface area contributed by atoms with Gasteiger partial charge >= 0.3 is 0 Å². The Morgan fingerprint density at radius 1 is 1.17 bits per heavy atom. The molecule has 4 rings (SSSR count). The van der Waals surface area contributed by atoms with Crippen LogP contribution >= 0.6 is 39.5 Å². The number of carbonyl (C=O) groups excluding carboxylic acids is 1. The van der Waals surface area contributed by atoms with Crippen LogP contribution in [0.25, 0.3) is 11.3 Å². The molecule has 1 amide bonds. The Bertz CT molecular complexity index is 1030. The summed E-state index contributed by atoms with van der Waals surface area (Å²) in [5.74, 6) is 3.98. The zero-order valence-corrected chi connectivity index (χ0v) is 19.1. The largest absolute Gasteiger partial charge is 0.484 e. The summed E-state index contributed by atoms with van der Waals surface area (Å²) in [7, 11) is 0. The molecule has 0 unspecified atom stereocenters. The first-order chi connectivity index (χ1) is 14.7. The number of hydrazone groups is 1. The van der Waals surface area contributed by atoms with Crippen molar-refractivity contribution in [3.63, 3.8) is 0 Å². The van der Waals surface area contributed by atoms with E-state index in [2.05, 4.69) is 38.6 Å². The highest BCUT2D eigenvalue weighted by Gasteiger charge is 2.18. The zero-order valence-electron chi connectivity index (χ0n) is 15.9. The fraction of sp³-hybridized carbons (Fsp3) is 0.182. The number of halogens is 1. The molecule has 1 fully saturated rings. The Morgan fingerprint density at radius 3 is 2.73 bits per heavy atom. The number of thioether (sulfide) groups is 2. The van der Waals surface area contributed by atoms with Crippen molar-refractivity contribution in [3.8, 4) is 17.1 Å². The second kappa shape index (κ2) is 10.2. The number of amides is 1. The van der Waals surface area contributed by atoms with Crippen LogP contribution in [0.5, 0.6) is 5.75 Å². The maximum Gasteiger partial charge on any atom is 0.277 e. The minimum Gasteiger partial charge on any atom is -0.484 e. The molecule has 0 saturated carbocycles. The molecular formula is C22H19BrN2O3S2. The van der Waals surface area contributed by atoms with Crippen LogP contribution in [0.1, 0.15) is 15.9 Å². The topological polar surface area (TPSA) is 63.8 Å². The minimum atomic E-state index is -0.337. The molecule has 0 atom stereocenters. The van der Waals surface area contributed by atoms with E-state index in [-0.39, 0.29) is 12.5 Å². The van der Waals surface area contributed by atoms with E-state index >= 15 is 0 Å². The number of carbonyl (C=O) groups is 1. The van der Waals surface area contributed by atoms with Crippen LogP contribution in [0.2, 0.25) is 0 Å². The molecule has 1 saturated heterocycles. The second-order valence-electron chi connectivity index (χ2n) is 6.44. The Labute approximate surface area is 191 Å². The number of rotatable bonds is 7. The molecule has 30 heavy (non-hydrogen) atoms. The normalized spacial score (nSPS) is 14.3. The van der Waals surface area contributed by atoms with E-state index < -0.39 is 0 Å². The molecule has 0 aliphatic carbocycles. The van der Waals surface area contributed by atoms with Crippen LogP contribution in [0.3, 0.4) is 0 Å². The summed E-state index contributed by atoms with van der Waals surface area (Å²) in [6.45, 7) is -0.106. The van der Waals surface area contributed by atoms with Crippen molar-refractivity contribution in [2.75, 3.05) is 18.1 Å². The molecule has 3 aromatic rings. The summed E-state index contributed by atoms with van der Waals surface area (Å²) in [4.78, 5) is 12.0. The number of nitrogens with zero attached hydrogens (tertiary/aromatic N) is 1. The van der Waals surface area contributed by atoms with Gasteiger partial charge in [-0.05, 0) is 42.0 Å². The zero-order chi connectivity index (χ0) is 20.8. The van der Waals surface area contributed by atoms with Crippen LogP contribution in [0.15, 0.2) is 74.7 Å². The molecule has 1 aromatic heterocycles. The first-order valence-corrected chi connectivity index (χ1v) is 12.2. The van der Waals surface area contributed by atoms with Crippen molar-refractivity contribution in [1.82, 2.24) is 5.43 Å². The highest BCUT2D eigenvalue weighted by molar-refractivity contribution is 9.10. The SMILES string of the molecule is O=C(COc1ccc(C2SCCS2)cc1)N/N=C\c1ccc(-c2cccc(Br)c2)o1. The van der Waals surface area contributed by atoms with Gasteiger partial charge in [-0.25, -0.2) is 5.43 Å². The van der Waals surface area contributed by atoms with Gasteiger partial charge in [0, 0.05) is 21.5 Å². The van der Waals surface area contributed by atoms with Gasteiger partial charge in [-0.2, -0.15) is 5.10 Å². The molecule has 8 heteroatoms. The molecule has 1 aliphatic rings. The number of benzene rings is 2. The van der Waals surface area contributed by atoms with E-state index in [0.29, 0.717) is 16.1 Å². The summed E-state index contributed by atoms with van der Waals surface area (Å²) in [6, 6.07) is 19.4. The lowest BCUT2D eigenvalue weighted by Crippen LogP contribution is -2.24. The highest BCUT2D eigenvalue weighted by atomic mass is 79.9. The molecule has 5 nitrogen and oxygen atoms in total. The third-order valence-electron chi connectivity index (χ3n) is 4.26. The Balaban J connectivity index is 1.24. The molecule has 1 aliphatic heterocycles. The second-order valence-corrected chi connectivity index (χ2v) is 10.1. The minimum absolute atomic E-state index is 0.106. The number of ether oxygens (including phenoxy) is 1. The van der Waals surface area contributed by atoms with Crippen molar-refractivity contribution in [2.24, 2.45) is 5.10 Å². The third-order valence-corrected chi connectivity index (χ3v) is 7.86. The average molecular weight is 503 g/mol. The van der Waals surface area contributed by atoms with Gasteiger partial charge in [0.2, 0.25) is 0 Å². The van der Waals surface area contributed by atoms with Crippen molar-refractivity contribution in [1.29, 1.82) is 0 Å². The van der Waals surface area contributed by atoms with Crippen molar-refractivity contribution in [3.05, 3.63) is 76.5 Å². The number of hydrogen-bond acceptors (Lipinski definition) is 6. The quantitative estimate of drug-likeness (QED) is 0.330. The van der Waals surface area contributed by atoms with E-state index in [1.165, 1.54) is 23.3 Å². The van der Waals surface area contributed by atoms with Crippen molar-refractivity contribution in [2.45, 2.75) is 4.58 Å². The van der Waals surface area contributed by atoms with E-state index in [0.717, 1.165) is 15.8 Å². The van der Waals surface area contributed by atoms with Crippen LogP contribution in [-0.2, 0) is 4.79 Å². The summed E-state index contributed by atoms with van der Waals surface area (Å²) in [6.07, 6.45) is 1.46. The van der Waals surface area contributed by atoms with Gasteiger partial charge in [-0.3, -0.25) is 4.79 Å². The van der Waals surface area contributed by atoms with Crippen molar-refractivity contribution >= 4 is 51.6 Å². The van der Waals surface area contributed by atoms with Crippen LogP contribution in [-0.4, -0.2) is 30.2 Å². The van der Waals surface area contributed by atoms with Gasteiger partial charge in [-0.15, -0.1) is 23.5 Å². The lowest BCUT2D eigenvalue weighted by molar-refractivity contribution is -0.123. The van der Waals surface area contributed by atoms with Crippen LogP contribution < -0.4 is 10.2 Å². The fourth-order valence-electron chi connectivity index (χ4n) is 2.84. The van der Waals surface area contributed by atoms with Gasteiger partial charge in [0.25, 0.3) is 5.91 Å². The van der Waals surface area contributed by atoms with Gasteiger partial charge in [0.15, 0.2) is 6.61 Å². The number of nitrogens with one attached hydrogen (secondary N) is 1. The number of furan rings is 1. The standard InChI is InChI=1S/C22H19BrN2O3S2/c23-17-3-1-2-16(12-17)20-9-8-19(28-20)13-24-25-21(26)14-27-18-6-4-15(5-7-18)22-29-10-11-30-22/h1-9,12-13,22H,10-11,14H2,(H,25,26)/b24-13-. The van der Waals surface area contributed by atoms with Crippen LogP contribution in [0.4, 0.5) is 0 Å². The van der Waals surface area contributed by atoms with Gasteiger partial charge < -0.3 is 9.15 Å². The summed E-state index contributed by atoms with van der Waals surface area (Å²) < 4.78 is 12.7. The van der Waals surface area contributed by atoms with Gasteiger partial charge in [-0.1, -0.05) is 40.2 Å². The molecule has 0 radical (unpaired) electrons. The fourth-order valence-corrected chi connectivity index (χ4v) is 6.10. The molecule has 0 spiro atoms. The lowest BCUT2D eigenvalue weighted by atomic mass is 10.2. The highest BCUT2D eigenvalue weighted by Crippen LogP contribution is 2.45. The predicted molar refractivity (Wildman–Crippen MR) is 127 cm³/mol. The van der Waals surface area contributed by atoms with Gasteiger partial charge in [0.1, 0.15) is 17.3 Å². The first kappa shape index (κ1) is 21.1. The Kier molecular flexibility index (Phi) is 7.20.